The van der Waals surface area contributed by atoms with Crippen molar-refractivity contribution in [2.75, 3.05) is 11.9 Å². The summed E-state index contributed by atoms with van der Waals surface area (Å²) >= 11 is 3.34. The van der Waals surface area contributed by atoms with E-state index >= 15 is 0 Å². The number of rotatable bonds is 5. The van der Waals surface area contributed by atoms with Crippen molar-refractivity contribution in [3.05, 3.63) is 22.3 Å². The zero-order chi connectivity index (χ0) is 13.5. The zero-order valence-electron chi connectivity index (χ0n) is 10.5. The van der Waals surface area contributed by atoms with E-state index < -0.39 is 0 Å². The summed E-state index contributed by atoms with van der Waals surface area (Å²) in [4.78, 5) is 15.7. The maximum atomic E-state index is 11.5. The van der Waals surface area contributed by atoms with Crippen LogP contribution in [0.15, 0.2) is 16.6 Å². The van der Waals surface area contributed by atoms with Gasteiger partial charge in [-0.25, -0.2) is 9.78 Å². The first-order valence-corrected chi connectivity index (χ1v) is 6.68. The first-order valence-electron chi connectivity index (χ1n) is 5.89. The number of carbonyl (C=O) groups excluding carboxylic acids is 1. The Bertz CT molecular complexity index is 412. The van der Waals surface area contributed by atoms with Gasteiger partial charge in [-0.15, -0.1) is 0 Å². The number of carbonyl (C=O) groups is 1. The Hall–Kier alpha value is -1.14. The third-order valence-corrected chi connectivity index (χ3v) is 3.34. The quantitative estimate of drug-likeness (QED) is 0.781. The number of aryl methyl sites for hydroxylation is 1. The Morgan fingerprint density at radius 1 is 1.56 bits per heavy atom. The summed E-state index contributed by atoms with van der Waals surface area (Å²) < 4.78 is 0.902. The second kappa shape index (κ2) is 7.33. The number of anilines is 1. The van der Waals surface area contributed by atoms with E-state index in [-0.39, 0.29) is 12.1 Å². The van der Waals surface area contributed by atoms with Gasteiger partial charge in [0.15, 0.2) is 0 Å². The number of hydrogen-bond donors (Lipinski definition) is 3. The molecule has 6 heteroatoms. The van der Waals surface area contributed by atoms with Gasteiger partial charge in [0.2, 0.25) is 0 Å². The molecule has 18 heavy (non-hydrogen) atoms. The number of halogens is 1. The van der Waals surface area contributed by atoms with Gasteiger partial charge in [0, 0.05) is 11.0 Å². The first kappa shape index (κ1) is 14.9. The van der Waals surface area contributed by atoms with Crippen LogP contribution >= 0.6 is 15.9 Å². The molecule has 2 amide bonds. The predicted octanol–water partition coefficient (Wildman–Crippen LogP) is 2.44. The standard InChI is InChI=1S/C12H18BrN3O2/c1-3-9(17)6-7-14-12(18)16-11-5-4-10(13)8(2)15-11/h4-5,9,17H,3,6-7H2,1-2H3,(H2,14,15,16,18)/t9-/m0/s1. The summed E-state index contributed by atoms with van der Waals surface area (Å²) in [6.07, 6.45) is 0.881. The van der Waals surface area contributed by atoms with E-state index in [2.05, 4.69) is 31.5 Å². The molecule has 0 radical (unpaired) electrons. The Morgan fingerprint density at radius 3 is 2.89 bits per heavy atom. The fraction of sp³-hybridized carbons (Fsp3) is 0.500. The van der Waals surface area contributed by atoms with Crippen molar-refractivity contribution in [3.63, 3.8) is 0 Å². The normalized spacial score (nSPS) is 12.0. The first-order chi connectivity index (χ1) is 8.52. The number of aromatic nitrogens is 1. The predicted molar refractivity (Wildman–Crippen MR) is 74.6 cm³/mol. The second-order valence-corrected chi connectivity index (χ2v) is 4.85. The molecule has 0 aliphatic carbocycles. The van der Waals surface area contributed by atoms with Gasteiger partial charge in [0.05, 0.1) is 11.8 Å². The summed E-state index contributed by atoms with van der Waals surface area (Å²) in [5.41, 5.74) is 0.814. The van der Waals surface area contributed by atoms with Crippen LogP contribution in [0.3, 0.4) is 0 Å². The number of amides is 2. The molecular weight excluding hydrogens is 298 g/mol. The van der Waals surface area contributed by atoms with Gasteiger partial charge in [-0.05, 0) is 47.8 Å². The highest BCUT2D eigenvalue weighted by Crippen LogP contribution is 2.15. The molecular formula is C12H18BrN3O2. The van der Waals surface area contributed by atoms with Crippen molar-refractivity contribution in [1.29, 1.82) is 0 Å². The summed E-state index contributed by atoms with van der Waals surface area (Å²) in [6, 6.07) is 3.24. The van der Waals surface area contributed by atoms with Crippen LogP contribution < -0.4 is 10.6 Å². The number of aliphatic hydroxyl groups is 1. The highest BCUT2D eigenvalue weighted by Gasteiger charge is 2.05. The van der Waals surface area contributed by atoms with Crippen LogP contribution in [-0.2, 0) is 0 Å². The van der Waals surface area contributed by atoms with Gasteiger partial charge in [-0.2, -0.15) is 0 Å². The van der Waals surface area contributed by atoms with Crippen LogP contribution in [0.2, 0.25) is 0 Å². The number of nitrogens with one attached hydrogen (secondary N) is 2. The van der Waals surface area contributed by atoms with Crippen LogP contribution in [-0.4, -0.2) is 28.8 Å². The third-order valence-electron chi connectivity index (χ3n) is 2.50. The topological polar surface area (TPSA) is 74.2 Å². The van der Waals surface area contributed by atoms with Gasteiger partial charge in [-0.1, -0.05) is 6.92 Å². The Morgan fingerprint density at radius 2 is 2.28 bits per heavy atom. The highest BCUT2D eigenvalue weighted by molar-refractivity contribution is 9.10. The van der Waals surface area contributed by atoms with Gasteiger partial charge in [0.1, 0.15) is 5.82 Å². The second-order valence-electron chi connectivity index (χ2n) is 4.00. The average molecular weight is 316 g/mol. The van der Waals surface area contributed by atoms with Crippen LogP contribution in [0.5, 0.6) is 0 Å². The summed E-state index contributed by atoms with van der Waals surface area (Å²) in [7, 11) is 0. The molecule has 0 bridgehead atoms. The van der Waals surface area contributed by atoms with Crippen molar-refractivity contribution in [2.24, 2.45) is 0 Å². The van der Waals surface area contributed by atoms with E-state index in [1.165, 1.54) is 0 Å². The summed E-state index contributed by atoms with van der Waals surface area (Å²) in [6.45, 7) is 4.19. The molecule has 1 rings (SSSR count). The average Bonchev–Trinajstić information content (AvgIpc) is 2.33. The van der Waals surface area contributed by atoms with Gasteiger partial charge in [-0.3, -0.25) is 5.32 Å². The van der Waals surface area contributed by atoms with E-state index in [1.807, 2.05) is 19.9 Å². The molecule has 1 heterocycles. The SMILES string of the molecule is CC[C@H](O)CCNC(=O)Nc1ccc(Br)c(C)n1. The van der Waals surface area contributed by atoms with E-state index in [4.69, 9.17) is 0 Å². The molecule has 1 aromatic rings. The van der Waals surface area contributed by atoms with Crippen LogP contribution in [0.1, 0.15) is 25.5 Å². The summed E-state index contributed by atoms with van der Waals surface area (Å²) in [5, 5.41) is 14.6. The van der Waals surface area contributed by atoms with E-state index in [1.54, 1.807) is 6.07 Å². The van der Waals surface area contributed by atoms with E-state index in [0.29, 0.717) is 25.2 Å². The molecule has 5 nitrogen and oxygen atoms in total. The molecule has 0 fully saturated rings. The number of nitrogens with zero attached hydrogens (tertiary/aromatic N) is 1. The number of aliphatic hydroxyl groups excluding tert-OH is 1. The molecule has 0 saturated heterocycles. The Balaban J connectivity index is 2.38. The lowest BCUT2D eigenvalue weighted by molar-refractivity contribution is 0.160. The Kier molecular flexibility index (Phi) is 6.07. The molecule has 0 aromatic carbocycles. The molecule has 3 N–H and O–H groups in total. The van der Waals surface area contributed by atoms with Crippen molar-refractivity contribution in [2.45, 2.75) is 32.8 Å². The Labute approximate surface area is 115 Å². The van der Waals surface area contributed by atoms with Crippen molar-refractivity contribution >= 4 is 27.8 Å². The number of pyridine rings is 1. The minimum Gasteiger partial charge on any atom is -0.393 e. The molecule has 0 aliphatic rings. The molecule has 1 aromatic heterocycles. The molecule has 0 aliphatic heterocycles. The number of urea groups is 1. The maximum absolute atomic E-state index is 11.5. The van der Waals surface area contributed by atoms with Crippen LogP contribution in [0.25, 0.3) is 0 Å². The molecule has 100 valence electrons. The summed E-state index contributed by atoms with van der Waals surface area (Å²) in [5.74, 6) is 0.504. The van der Waals surface area contributed by atoms with Crippen molar-refractivity contribution in [3.8, 4) is 0 Å². The molecule has 0 unspecified atom stereocenters. The van der Waals surface area contributed by atoms with Gasteiger partial charge >= 0.3 is 6.03 Å². The number of hydrogen-bond acceptors (Lipinski definition) is 3. The van der Waals surface area contributed by atoms with E-state index in [9.17, 15) is 9.90 Å². The molecule has 1 atom stereocenters. The third kappa shape index (κ3) is 5.01. The van der Waals surface area contributed by atoms with Crippen molar-refractivity contribution < 1.29 is 9.90 Å². The molecule has 0 saturated carbocycles. The fourth-order valence-electron chi connectivity index (χ4n) is 1.33. The van der Waals surface area contributed by atoms with Gasteiger partial charge < -0.3 is 10.4 Å². The molecule has 0 spiro atoms. The lowest BCUT2D eigenvalue weighted by Gasteiger charge is -2.10. The minimum atomic E-state index is -0.363. The van der Waals surface area contributed by atoms with Gasteiger partial charge in [0.25, 0.3) is 0 Å². The minimum absolute atomic E-state index is 0.312. The van der Waals surface area contributed by atoms with Crippen LogP contribution in [0, 0.1) is 6.92 Å². The lowest BCUT2D eigenvalue weighted by Crippen LogP contribution is -2.31. The largest absolute Gasteiger partial charge is 0.393 e. The lowest BCUT2D eigenvalue weighted by atomic mass is 10.2. The monoisotopic (exact) mass is 315 g/mol. The zero-order valence-corrected chi connectivity index (χ0v) is 12.1. The highest BCUT2D eigenvalue weighted by atomic mass is 79.9. The maximum Gasteiger partial charge on any atom is 0.320 e. The fourth-order valence-corrected chi connectivity index (χ4v) is 1.55. The smallest absolute Gasteiger partial charge is 0.320 e. The van der Waals surface area contributed by atoms with Crippen LogP contribution in [0.4, 0.5) is 10.6 Å². The van der Waals surface area contributed by atoms with Crippen molar-refractivity contribution in [1.82, 2.24) is 10.3 Å². The van der Waals surface area contributed by atoms with E-state index in [0.717, 1.165) is 10.2 Å².